The van der Waals surface area contributed by atoms with Crippen molar-refractivity contribution in [3.63, 3.8) is 0 Å². The Bertz CT molecular complexity index is 1740. The highest BCUT2D eigenvalue weighted by atomic mass is 16.3. The lowest BCUT2D eigenvalue weighted by atomic mass is 10.00. The summed E-state index contributed by atoms with van der Waals surface area (Å²) in [6.07, 6.45) is 0.931. The summed E-state index contributed by atoms with van der Waals surface area (Å²) in [7, 11) is 0. The van der Waals surface area contributed by atoms with Crippen LogP contribution in [0.3, 0.4) is 0 Å². The number of fused-ring (bicyclic) bond motifs is 4. The van der Waals surface area contributed by atoms with Gasteiger partial charge in [-0.15, -0.1) is 0 Å². The van der Waals surface area contributed by atoms with Crippen LogP contribution in [-0.4, -0.2) is 14.5 Å². The number of aromatic nitrogens is 3. The van der Waals surface area contributed by atoms with Gasteiger partial charge in [-0.1, -0.05) is 70.2 Å². The normalized spacial score (nSPS) is 12.1. The maximum absolute atomic E-state index is 6.54. The molecule has 0 aliphatic carbocycles. The second kappa shape index (κ2) is 8.63. The molecule has 0 radical (unpaired) electrons. The van der Waals surface area contributed by atoms with E-state index in [2.05, 4.69) is 106 Å². The topological polar surface area (TPSA) is 43.9 Å². The standard InChI is InChI=1S/C32H31N3O/c1-19(2)18-22-15-17-25-24-16-14-21(5)29(30(24)36-32(25)33-22)31-34-26-11-7-9-13-28(26)35(31)27-12-8-6-10-23(27)20(3)4/h6-17,19-20H,18H2,1-5H3. The highest BCUT2D eigenvalue weighted by Crippen LogP contribution is 2.40. The van der Waals surface area contributed by atoms with Gasteiger partial charge in [0.15, 0.2) is 0 Å². The maximum atomic E-state index is 6.54. The van der Waals surface area contributed by atoms with Gasteiger partial charge in [0.05, 0.1) is 22.3 Å². The van der Waals surface area contributed by atoms with Crippen molar-refractivity contribution in [2.75, 3.05) is 0 Å². The monoisotopic (exact) mass is 473 g/mol. The number of hydrogen-bond donors (Lipinski definition) is 0. The van der Waals surface area contributed by atoms with E-state index in [-0.39, 0.29) is 0 Å². The molecule has 0 atom stereocenters. The third-order valence-corrected chi connectivity index (χ3v) is 6.97. The molecule has 3 aromatic carbocycles. The number of imidazole rings is 1. The van der Waals surface area contributed by atoms with Crippen molar-refractivity contribution in [1.82, 2.24) is 14.5 Å². The third kappa shape index (κ3) is 3.60. The van der Waals surface area contributed by atoms with Crippen LogP contribution in [0.1, 0.15) is 50.4 Å². The molecule has 3 aromatic heterocycles. The van der Waals surface area contributed by atoms with Crippen LogP contribution in [0.2, 0.25) is 0 Å². The summed E-state index contributed by atoms with van der Waals surface area (Å²) >= 11 is 0. The van der Waals surface area contributed by atoms with Crippen LogP contribution in [0.15, 0.2) is 77.2 Å². The summed E-state index contributed by atoms with van der Waals surface area (Å²) in [6.45, 7) is 11.0. The molecule has 36 heavy (non-hydrogen) atoms. The predicted octanol–water partition coefficient (Wildman–Crippen LogP) is 8.62. The molecule has 0 spiro atoms. The van der Waals surface area contributed by atoms with E-state index >= 15 is 0 Å². The van der Waals surface area contributed by atoms with Crippen molar-refractivity contribution >= 4 is 33.1 Å². The molecule has 0 saturated heterocycles. The van der Waals surface area contributed by atoms with Crippen LogP contribution in [0, 0.1) is 12.8 Å². The number of benzene rings is 3. The minimum absolute atomic E-state index is 0.377. The Morgan fingerprint density at radius 1 is 0.806 bits per heavy atom. The van der Waals surface area contributed by atoms with Crippen LogP contribution in [0.5, 0.6) is 0 Å². The van der Waals surface area contributed by atoms with E-state index in [0.717, 1.165) is 62.1 Å². The number of para-hydroxylation sites is 3. The zero-order valence-corrected chi connectivity index (χ0v) is 21.5. The number of rotatable bonds is 5. The van der Waals surface area contributed by atoms with Crippen LogP contribution < -0.4 is 0 Å². The molecule has 0 N–H and O–H groups in total. The highest BCUT2D eigenvalue weighted by molar-refractivity contribution is 6.09. The zero-order valence-electron chi connectivity index (χ0n) is 21.5. The van der Waals surface area contributed by atoms with Gasteiger partial charge >= 0.3 is 0 Å². The SMILES string of the molecule is Cc1ccc2c(oc3nc(CC(C)C)ccc32)c1-c1nc2ccccc2n1-c1ccccc1C(C)C. The Labute approximate surface area is 211 Å². The summed E-state index contributed by atoms with van der Waals surface area (Å²) in [5.74, 6) is 1.81. The van der Waals surface area contributed by atoms with Gasteiger partial charge in [0.2, 0.25) is 5.71 Å². The van der Waals surface area contributed by atoms with Crippen molar-refractivity contribution in [1.29, 1.82) is 0 Å². The summed E-state index contributed by atoms with van der Waals surface area (Å²) < 4.78 is 8.84. The van der Waals surface area contributed by atoms with Crippen LogP contribution in [0.4, 0.5) is 0 Å². The summed E-state index contributed by atoms with van der Waals surface area (Å²) in [6, 6.07) is 25.6. The van der Waals surface area contributed by atoms with E-state index in [1.54, 1.807) is 0 Å². The molecular formula is C32H31N3O. The highest BCUT2D eigenvalue weighted by Gasteiger charge is 2.23. The van der Waals surface area contributed by atoms with Gasteiger partial charge in [-0.25, -0.2) is 9.97 Å². The fourth-order valence-corrected chi connectivity index (χ4v) is 5.28. The smallest absolute Gasteiger partial charge is 0.227 e. The van der Waals surface area contributed by atoms with Crippen molar-refractivity contribution in [2.24, 2.45) is 5.92 Å². The molecule has 0 fully saturated rings. The molecular weight excluding hydrogens is 442 g/mol. The fraction of sp³-hybridized carbons (Fsp3) is 0.250. The van der Waals surface area contributed by atoms with Gasteiger partial charge in [0, 0.05) is 16.5 Å². The largest absolute Gasteiger partial charge is 0.437 e. The van der Waals surface area contributed by atoms with Gasteiger partial charge in [0.25, 0.3) is 0 Å². The Morgan fingerprint density at radius 3 is 2.36 bits per heavy atom. The van der Waals surface area contributed by atoms with E-state index in [9.17, 15) is 0 Å². The summed E-state index contributed by atoms with van der Waals surface area (Å²) in [4.78, 5) is 10.1. The molecule has 4 nitrogen and oxygen atoms in total. The summed E-state index contributed by atoms with van der Waals surface area (Å²) in [5.41, 5.74) is 9.25. The van der Waals surface area contributed by atoms with Crippen molar-refractivity contribution < 1.29 is 4.42 Å². The predicted molar refractivity (Wildman–Crippen MR) is 149 cm³/mol. The Kier molecular flexibility index (Phi) is 5.40. The molecule has 0 bridgehead atoms. The first-order chi connectivity index (χ1) is 17.4. The maximum Gasteiger partial charge on any atom is 0.227 e. The fourth-order valence-electron chi connectivity index (χ4n) is 5.28. The Hall–Kier alpha value is -3.92. The first kappa shape index (κ1) is 22.5. The molecule has 6 aromatic rings. The van der Waals surface area contributed by atoms with Gasteiger partial charge in [-0.3, -0.25) is 4.57 Å². The molecule has 180 valence electrons. The van der Waals surface area contributed by atoms with Crippen LogP contribution in [-0.2, 0) is 6.42 Å². The van der Waals surface area contributed by atoms with Crippen LogP contribution >= 0.6 is 0 Å². The Morgan fingerprint density at radius 2 is 1.56 bits per heavy atom. The zero-order chi connectivity index (χ0) is 25.0. The second-order valence-corrected chi connectivity index (χ2v) is 10.5. The minimum Gasteiger partial charge on any atom is -0.437 e. The van der Waals surface area contributed by atoms with Crippen molar-refractivity contribution in [2.45, 2.75) is 47.0 Å². The second-order valence-electron chi connectivity index (χ2n) is 10.5. The van der Waals surface area contributed by atoms with E-state index < -0.39 is 0 Å². The lowest BCUT2D eigenvalue weighted by Crippen LogP contribution is -2.04. The first-order valence-electron chi connectivity index (χ1n) is 12.8. The average molecular weight is 474 g/mol. The molecule has 0 saturated carbocycles. The van der Waals surface area contributed by atoms with E-state index in [0.29, 0.717) is 17.5 Å². The summed E-state index contributed by atoms with van der Waals surface area (Å²) in [5, 5.41) is 2.12. The lowest BCUT2D eigenvalue weighted by Gasteiger charge is -2.17. The third-order valence-electron chi connectivity index (χ3n) is 6.97. The van der Waals surface area contributed by atoms with E-state index in [4.69, 9.17) is 14.4 Å². The average Bonchev–Trinajstić information content (AvgIpc) is 3.41. The van der Waals surface area contributed by atoms with Gasteiger partial charge in [-0.05, 0) is 66.6 Å². The van der Waals surface area contributed by atoms with Crippen molar-refractivity contribution in [3.8, 4) is 17.1 Å². The van der Waals surface area contributed by atoms with E-state index in [1.165, 1.54) is 5.56 Å². The molecule has 6 rings (SSSR count). The number of nitrogens with zero attached hydrogens (tertiary/aromatic N) is 3. The number of hydrogen-bond acceptors (Lipinski definition) is 3. The number of aryl methyl sites for hydroxylation is 1. The van der Waals surface area contributed by atoms with Crippen LogP contribution in [0.25, 0.3) is 50.2 Å². The quantitative estimate of drug-likeness (QED) is 0.252. The molecule has 4 heteroatoms. The molecule has 0 unspecified atom stereocenters. The number of furan rings is 1. The van der Waals surface area contributed by atoms with Gasteiger partial charge in [0.1, 0.15) is 11.4 Å². The molecule has 3 heterocycles. The lowest BCUT2D eigenvalue weighted by molar-refractivity contribution is 0.621. The van der Waals surface area contributed by atoms with Gasteiger partial charge in [-0.2, -0.15) is 0 Å². The number of pyridine rings is 1. The Balaban J connectivity index is 1.68. The minimum atomic E-state index is 0.377. The molecule has 0 aliphatic heterocycles. The first-order valence-corrected chi connectivity index (χ1v) is 12.8. The van der Waals surface area contributed by atoms with E-state index in [1.807, 2.05) is 6.07 Å². The molecule has 0 amide bonds. The molecule has 0 aliphatic rings. The van der Waals surface area contributed by atoms with Crippen molar-refractivity contribution in [3.05, 3.63) is 89.6 Å². The van der Waals surface area contributed by atoms with Gasteiger partial charge < -0.3 is 4.42 Å².